The van der Waals surface area contributed by atoms with E-state index in [-0.39, 0.29) is 11.8 Å². The van der Waals surface area contributed by atoms with E-state index in [0.29, 0.717) is 23.5 Å². The molecule has 0 aliphatic heterocycles. The molecule has 0 fully saturated rings. The van der Waals surface area contributed by atoms with Gasteiger partial charge in [-0.3, -0.25) is 9.59 Å². The lowest BCUT2D eigenvalue weighted by Gasteiger charge is -2.19. The van der Waals surface area contributed by atoms with Crippen LogP contribution in [0.4, 0.5) is 5.69 Å². The van der Waals surface area contributed by atoms with Crippen molar-refractivity contribution in [3.8, 4) is 5.75 Å². The van der Waals surface area contributed by atoms with Gasteiger partial charge in [-0.05, 0) is 56.0 Å². The minimum Gasteiger partial charge on any atom is -0.480 e. The first-order chi connectivity index (χ1) is 15.0. The Morgan fingerprint density at radius 2 is 1.52 bits per heavy atom. The highest BCUT2D eigenvalue weighted by Crippen LogP contribution is 2.24. The van der Waals surface area contributed by atoms with Crippen LogP contribution in [0.1, 0.15) is 34.0 Å². The Hall–Kier alpha value is -3.60. The fourth-order valence-corrected chi connectivity index (χ4v) is 3.30. The van der Waals surface area contributed by atoms with Gasteiger partial charge in [-0.1, -0.05) is 60.7 Å². The van der Waals surface area contributed by atoms with Gasteiger partial charge in [0.1, 0.15) is 5.75 Å². The van der Waals surface area contributed by atoms with Crippen LogP contribution in [0.2, 0.25) is 0 Å². The number of hydrogen-bond acceptors (Lipinski definition) is 3. The maximum absolute atomic E-state index is 12.7. The number of hydrogen-bond donors (Lipinski definition) is 2. The van der Waals surface area contributed by atoms with Crippen LogP contribution in [-0.4, -0.2) is 24.5 Å². The van der Waals surface area contributed by atoms with E-state index in [9.17, 15) is 9.59 Å². The highest BCUT2D eigenvalue weighted by Gasteiger charge is 2.19. The molecule has 2 amide bonds. The molecule has 3 aromatic rings. The highest BCUT2D eigenvalue weighted by atomic mass is 16.5. The molecule has 0 saturated heterocycles. The van der Waals surface area contributed by atoms with Gasteiger partial charge in [0.15, 0.2) is 6.10 Å². The van der Waals surface area contributed by atoms with Crippen LogP contribution in [0.5, 0.6) is 5.75 Å². The van der Waals surface area contributed by atoms with E-state index in [0.717, 1.165) is 23.1 Å². The predicted octanol–water partition coefficient (Wildman–Crippen LogP) is 4.68. The third kappa shape index (κ3) is 5.95. The number of anilines is 1. The average molecular weight is 417 g/mol. The van der Waals surface area contributed by atoms with Gasteiger partial charge in [-0.15, -0.1) is 0 Å². The minimum absolute atomic E-state index is 0.227. The lowest BCUT2D eigenvalue weighted by Crippen LogP contribution is -2.32. The quantitative estimate of drug-likeness (QED) is 0.560. The lowest BCUT2D eigenvalue weighted by molar-refractivity contribution is -0.122. The Bertz CT molecular complexity index is 1030. The van der Waals surface area contributed by atoms with Gasteiger partial charge in [0.25, 0.3) is 11.8 Å². The van der Waals surface area contributed by atoms with Crippen LogP contribution in [0, 0.1) is 13.8 Å². The number of amides is 2. The summed E-state index contributed by atoms with van der Waals surface area (Å²) in [5.41, 5.74) is 3.97. The molecule has 0 spiro atoms. The lowest BCUT2D eigenvalue weighted by atomic mass is 10.1. The summed E-state index contributed by atoms with van der Waals surface area (Å²) in [5.74, 6) is 0.166. The zero-order valence-corrected chi connectivity index (χ0v) is 18.1. The fourth-order valence-electron chi connectivity index (χ4n) is 3.30. The highest BCUT2D eigenvalue weighted by molar-refractivity contribution is 6.04. The summed E-state index contributed by atoms with van der Waals surface area (Å²) in [6.45, 7) is 6.10. The second-order valence-electron chi connectivity index (χ2n) is 7.51. The van der Waals surface area contributed by atoms with Crippen molar-refractivity contribution in [1.29, 1.82) is 0 Å². The number of benzene rings is 3. The Kier molecular flexibility index (Phi) is 7.44. The molecule has 3 aromatic carbocycles. The molecule has 0 aromatic heterocycles. The van der Waals surface area contributed by atoms with Crippen molar-refractivity contribution in [2.75, 3.05) is 11.9 Å². The number of aryl methyl sites for hydroxylation is 2. The summed E-state index contributed by atoms with van der Waals surface area (Å²) < 4.78 is 5.91. The predicted molar refractivity (Wildman–Crippen MR) is 124 cm³/mol. The number of nitrogens with one attached hydrogen (secondary N) is 2. The van der Waals surface area contributed by atoms with Gasteiger partial charge in [-0.2, -0.15) is 0 Å². The van der Waals surface area contributed by atoms with E-state index in [1.807, 2.05) is 62.4 Å². The molecule has 0 heterocycles. The summed E-state index contributed by atoms with van der Waals surface area (Å²) in [4.78, 5) is 25.4. The third-order valence-electron chi connectivity index (χ3n) is 5.04. The van der Waals surface area contributed by atoms with Gasteiger partial charge in [0, 0.05) is 6.54 Å². The van der Waals surface area contributed by atoms with Gasteiger partial charge < -0.3 is 15.4 Å². The second kappa shape index (κ2) is 10.4. The average Bonchev–Trinajstić information content (AvgIpc) is 2.77. The van der Waals surface area contributed by atoms with Crippen LogP contribution in [0.25, 0.3) is 0 Å². The Morgan fingerprint density at radius 3 is 2.23 bits per heavy atom. The van der Waals surface area contributed by atoms with Crippen molar-refractivity contribution in [3.63, 3.8) is 0 Å². The molecule has 0 saturated carbocycles. The van der Waals surface area contributed by atoms with Crippen molar-refractivity contribution in [2.24, 2.45) is 0 Å². The van der Waals surface area contributed by atoms with Crippen molar-refractivity contribution in [1.82, 2.24) is 5.32 Å². The number of ether oxygens (including phenoxy) is 1. The van der Waals surface area contributed by atoms with Crippen molar-refractivity contribution >= 4 is 17.5 Å². The maximum Gasteiger partial charge on any atom is 0.265 e. The molecule has 5 heteroatoms. The monoisotopic (exact) mass is 416 g/mol. The van der Waals surface area contributed by atoms with E-state index in [2.05, 4.69) is 10.6 Å². The molecule has 31 heavy (non-hydrogen) atoms. The number of para-hydroxylation sites is 2. The molecule has 0 radical (unpaired) electrons. The topological polar surface area (TPSA) is 67.4 Å². The number of carbonyl (C=O) groups is 2. The SMILES string of the molecule is Cc1cccc(C)c1O[C@@H](C)C(=O)Nc1ccccc1C(=O)NCCc1ccccc1. The second-order valence-corrected chi connectivity index (χ2v) is 7.51. The van der Waals surface area contributed by atoms with Gasteiger partial charge in [0.2, 0.25) is 0 Å². The smallest absolute Gasteiger partial charge is 0.265 e. The van der Waals surface area contributed by atoms with E-state index >= 15 is 0 Å². The van der Waals surface area contributed by atoms with Gasteiger partial charge in [-0.25, -0.2) is 0 Å². The van der Waals surface area contributed by atoms with Gasteiger partial charge >= 0.3 is 0 Å². The molecular weight excluding hydrogens is 388 g/mol. The van der Waals surface area contributed by atoms with Crippen LogP contribution < -0.4 is 15.4 Å². The first-order valence-electron chi connectivity index (χ1n) is 10.4. The number of rotatable bonds is 8. The van der Waals surface area contributed by atoms with Gasteiger partial charge in [0.05, 0.1) is 11.3 Å². The zero-order valence-electron chi connectivity index (χ0n) is 18.1. The first kappa shape index (κ1) is 22.1. The molecule has 2 N–H and O–H groups in total. The van der Waals surface area contributed by atoms with Crippen LogP contribution in [0.15, 0.2) is 72.8 Å². The fraction of sp³-hybridized carbons (Fsp3) is 0.231. The molecule has 0 bridgehead atoms. The Labute approximate surface area is 183 Å². The molecule has 0 unspecified atom stereocenters. The van der Waals surface area contributed by atoms with Crippen LogP contribution in [-0.2, 0) is 11.2 Å². The first-order valence-corrected chi connectivity index (χ1v) is 10.4. The minimum atomic E-state index is -0.714. The Balaban J connectivity index is 1.62. The van der Waals surface area contributed by atoms with Crippen molar-refractivity contribution < 1.29 is 14.3 Å². The molecule has 160 valence electrons. The summed E-state index contributed by atoms with van der Waals surface area (Å²) in [6, 6.07) is 22.8. The van der Waals surface area contributed by atoms with E-state index < -0.39 is 6.10 Å². The number of carbonyl (C=O) groups excluding carboxylic acids is 2. The van der Waals surface area contributed by atoms with Crippen LogP contribution >= 0.6 is 0 Å². The molecular formula is C26H28N2O3. The van der Waals surface area contributed by atoms with E-state index in [4.69, 9.17) is 4.74 Å². The summed E-state index contributed by atoms with van der Waals surface area (Å²) in [6.07, 6.45) is 0.0240. The Morgan fingerprint density at radius 1 is 0.871 bits per heavy atom. The largest absolute Gasteiger partial charge is 0.480 e. The normalized spacial score (nSPS) is 11.5. The zero-order chi connectivity index (χ0) is 22.2. The van der Waals surface area contributed by atoms with Crippen molar-refractivity contribution in [2.45, 2.75) is 33.3 Å². The molecule has 3 rings (SSSR count). The molecule has 5 nitrogen and oxygen atoms in total. The van der Waals surface area contributed by atoms with E-state index in [1.165, 1.54) is 0 Å². The summed E-state index contributed by atoms with van der Waals surface area (Å²) >= 11 is 0. The summed E-state index contributed by atoms with van der Waals surface area (Å²) in [5, 5.41) is 5.76. The molecule has 0 aliphatic carbocycles. The van der Waals surface area contributed by atoms with Crippen molar-refractivity contribution in [3.05, 3.63) is 95.1 Å². The van der Waals surface area contributed by atoms with Crippen LogP contribution in [0.3, 0.4) is 0 Å². The molecule has 1 atom stereocenters. The molecule has 0 aliphatic rings. The standard InChI is InChI=1S/C26H28N2O3/c1-18-10-9-11-19(2)24(18)31-20(3)25(29)28-23-15-8-7-14-22(23)26(30)27-17-16-21-12-5-4-6-13-21/h4-15,20H,16-17H2,1-3H3,(H,27,30)(H,28,29)/t20-/m0/s1. The van der Waals surface area contributed by atoms with E-state index in [1.54, 1.807) is 31.2 Å². The summed E-state index contributed by atoms with van der Waals surface area (Å²) in [7, 11) is 0. The third-order valence-corrected chi connectivity index (χ3v) is 5.04. The maximum atomic E-state index is 12.7.